The topological polar surface area (TPSA) is 92.1 Å². The maximum atomic E-state index is 12.7. The molecule has 0 saturated carbocycles. The molecule has 2 amide bonds. The molecular weight excluding hydrogens is 312 g/mol. The first-order chi connectivity index (χ1) is 11.1. The van der Waals surface area contributed by atoms with Crippen molar-refractivity contribution in [3.63, 3.8) is 0 Å². The Morgan fingerprint density at radius 3 is 2.91 bits per heavy atom. The van der Waals surface area contributed by atoms with Crippen LogP contribution in [-0.4, -0.2) is 33.2 Å². The van der Waals surface area contributed by atoms with Crippen molar-refractivity contribution in [1.82, 2.24) is 14.9 Å². The number of para-hydroxylation sites is 1. The van der Waals surface area contributed by atoms with Gasteiger partial charge in [0.15, 0.2) is 5.01 Å². The van der Waals surface area contributed by atoms with E-state index in [2.05, 4.69) is 9.97 Å². The van der Waals surface area contributed by atoms with Crippen molar-refractivity contribution in [2.45, 2.75) is 13.0 Å². The fourth-order valence-corrected chi connectivity index (χ4v) is 3.81. The third-order valence-corrected chi connectivity index (χ3v) is 5.09. The molecule has 3 heterocycles. The van der Waals surface area contributed by atoms with Crippen LogP contribution in [0.4, 0.5) is 0 Å². The molecule has 7 heteroatoms. The van der Waals surface area contributed by atoms with Gasteiger partial charge in [-0.3, -0.25) is 9.59 Å². The summed E-state index contributed by atoms with van der Waals surface area (Å²) in [6.45, 7) is 1.05. The van der Waals surface area contributed by atoms with Crippen LogP contribution in [0, 0.1) is 0 Å². The van der Waals surface area contributed by atoms with Crippen LogP contribution in [0.3, 0.4) is 0 Å². The number of carbonyl (C=O) groups is 2. The number of aromatic nitrogens is 2. The van der Waals surface area contributed by atoms with Crippen LogP contribution >= 0.6 is 11.3 Å². The highest BCUT2D eigenvalue weighted by molar-refractivity contribution is 7.13. The van der Waals surface area contributed by atoms with Crippen LogP contribution in [0.1, 0.15) is 30.9 Å². The van der Waals surface area contributed by atoms with E-state index in [9.17, 15) is 9.59 Å². The zero-order chi connectivity index (χ0) is 16.0. The molecule has 0 unspecified atom stereocenters. The standard InChI is InChI=1S/C16H14N4O2S/c17-14(21)15-19-11-5-6-20(8-13(11)23-15)16(22)12-7-9-3-1-2-4-10(9)18-12/h1-4,7,18H,5-6,8H2,(H2,17,21). The van der Waals surface area contributed by atoms with E-state index in [0.29, 0.717) is 30.2 Å². The minimum Gasteiger partial charge on any atom is -0.364 e. The van der Waals surface area contributed by atoms with Gasteiger partial charge in [-0.25, -0.2) is 4.98 Å². The summed E-state index contributed by atoms with van der Waals surface area (Å²) in [5, 5.41) is 1.33. The number of amides is 2. The number of benzene rings is 1. The van der Waals surface area contributed by atoms with Crippen molar-refractivity contribution in [3.8, 4) is 0 Å². The van der Waals surface area contributed by atoms with Crippen LogP contribution in [0.25, 0.3) is 10.9 Å². The number of rotatable bonds is 2. The lowest BCUT2D eigenvalue weighted by atomic mass is 10.1. The number of nitrogens with one attached hydrogen (secondary N) is 1. The van der Waals surface area contributed by atoms with E-state index in [-0.39, 0.29) is 5.91 Å². The predicted molar refractivity (Wildman–Crippen MR) is 87.4 cm³/mol. The Labute approximate surface area is 135 Å². The molecule has 1 aromatic carbocycles. The van der Waals surface area contributed by atoms with Gasteiger partial charge in [-0.2, -0.15) is 0 Å². The normalized spacial score (nSPS) is 14.0. The highest BCUT2D eigenvalue weighted by atomic mass is 32.1. The molecule has 1 aliphatic heterocycles. The van der Waals surface area contributed by atoms with Crippen LogP contribution in [0.2, 0.25) is 0 Å². The highest BCUT2D eigenvalue weighted by Gasteiger charge is 2.26. The van der Waals surface area contributed by atoms with Gasteiger partial charge in [0.2, 0.25) is 0 Å². The van der Waals surface area contributed by atoms with Crippen LogP contribution in [0.5, 0.6) is 0 Å². The smallest absolute Gasteiger partial charge is 0.277 e. The van der Waals surface area contributed by atoms with E-state index in [0.717, 1.165) is 21.5 Å². The molecule has 0 atom stereocenters. The van der Waals surface area contributed by atoms with Crippen molar-refractivity contribution >= 4 is 34.1 Å². The molecule has 116 valence electrons. The van der Waals surface area contributed by atoms with Gasteiger partial charge in [-0.15, -0.1) is 11.3 Å². The van der Waals surface area contributed by atoms with Crippen molar-refractivity contribution in [1.29, 1.82) is 0 Å². The molecule has 0 saturated heterocycles. The largest absolute Gasteiger partial charge is 0.364 e. The van der Waals surface area contributed by atoms with Gasteiger partial charge in [-0.1, -0.05) is 18.2 Å². The summed E-state index contributed by atoms with van der Waals surface area (Å²) in [7, 11) is 0. The van der Waals surface area contributed by atoms with Gasteiger partial charge in [0.1, 0.15) is 5.69 Å². The van der Waals surface area contributed by atoms with E-state index < -0.39 is 5.91 Å². The Morgan fingerprint density at radius 2 is 2.13 bits per heavy atom. The summed E-state index contributed by atoms with van der Waals surface area (Å²) in [6, 6.07) is 9.67. The molecule has 0 fully saturated rings. The van der Waals surface area contributed by atoms with E-state index in [1.807, 2.05) is 30.3 Å². The molecule has 3 aromatic rings. The van der Waals surface area contributed by atoms with Gasteiger partial charge >= 0.3 is 0 Å². The Morgan fingerprint density at radius 1 is 1.30 bits per heavy atom. The molecule has 2 aromatic heterocycles. The van der Waals surface area contributed by atoms with Crippen LogP contribution < -0.4 is 5.73 Å². The zero-order valence-electron chi connectivity index (χ0n) is 12.2. The monoisotopic (exact) mass is 326 g/mol. The average Bonchev–Trinajstić information content (AvgIpc) is 3.17. The van der Waals surface area contributed by atoms with Gasteiger partial charge in [0.25, 0.3) is 11.8 Å². The first-order valence-corrected chi connectivity index (χ1v) is 8.09. The average molecular weight is 326 g/mol. The van der Waals surface area contributed by atoms with Gasteiger partial charge in [0, 0.05) is 28.7 Å². The summed E-state index contributed by atoms with van der Waals surface area (Å²) in [5.74, 6) is -0.557. The van der Waals surface area contributed by atoms with Crippen molar-refractivity contribution in [2.24, 2.45) is 5.73 Å². The second-order valence-corrected chi connectivity index (χ2v) is 6.58. The molecule has 4 rings (SSSR count). The molecule has 0 bridgehead atoms. The predicted octanol–water partition coefficient (Wildman–Crippen LogP) is 1.92. The first kappa shape index (κ1) is 14.0. The van der Waals surface area contributed by atoms with Gasteiger partial charge < -0.3 is 15.6 Å². The molecule has 0 aliphatic carbocycles. The summed E-state index contributed by atoms with van der Waals surface area (Å²) < 4.78 is 0. The maximum absolute atomic E-state index is 12.7. The molecule has 23 heavy (non-hydrogen) atoms. The van der Waals surface area contributed by atoms with E-state index >= 15 is 0 Å². The van der Waals surface area contributed by atoms with E-state index in [1.54, 1.807) is 4.90 Å². The number of aromatic amines is 1. The molecule has 0 radical (unpaired) electrons. The molecule has 0 spiro atoms. The number of fused-ring (bicyclic) bond motifs is 2. The summed E-state index contributed by atoms with van der Waals surface area (Å²) >= 11 is 1.28. The Hall–Kier alpha value is -2.67. The van der Waals surface area contributed by atoms with Crippen LogP contribution in [-0.2, 0) is 13.0 Å². The summed E-state index contributed by atoms with van der Waals surface area (Å²) in [4.78, 5) is 34.1. The number of hydrogen-bond acceptors (Lipinski definition) is 4. The third-order valence-electron chi connectivity index (χ3n) is 3.99. The second-order valence-electron chi connectivity index (χ2n) is 5.50. The maximum Gasteiger partial charge on any atom is 0.277 e. The minimum atomic E-state index is -0.516. The SMILES string of the molecule is NC(=O)c1nc2c(s1)CN(C(=O)c1cc3ccccc3[nH]1)CC2. The lowest BCUT2D eigenvalue weighted by Crippen LogP contribution is -2.35. The van der Waals surface area contributed by atoms with Crippen LogP contribution in [0.15, 0.2) is 30.3 Å². The molecule has 1 aliphatic rings. The second kappa shape index (κ2) is 5.20. The Balaban J connectivity index is 1.60. The minimum absolute atomic E-state index is 0.0409. The van der Waals surface area contributed by atoms with Crippen molar-refractivity contribution in [3.05, 3.63) is 51.6 Å². The summed E-state index contributed by atoms with van der Waals surface area (Å²) in [6.07, 6.45) is 0.644. The third kappa shape index (κ3) is 2.39. The molecular formula is C16H14N4O2S. The van der Waals surface area contributed by atoms with E-state index in [4.69, 9.17) is 5.73 Å². The fraction of sp³-hybridized carbons (Fsp3) is 0.188. The highest BCUT2D eigenvalue weighted by Crippen LogP contribution is 2.26. The van der Waals surface area contributed by atoms with Crippen molar-refractivity contribution in [2.75, 3.05) is 6.54 Å². The quantitative estimate of drug-likeness (QED) is 0.753. The van der Waals surface area contributed by atoms with Gasteiger partial charge in [0.05, 0.1) is 12.2 Å². The lowest BCUT2D eigenvalue weighted by Gasteiger charge is -2.25. The number of hydrogen-bond donors (Lipinski definition) is 2. The van der Waals surface area contributed by atoms with E-state index in [1.165, 1.54) is 11.3 Å². The Bertz CT molecular complexity index is 894. The fourth-order valence-electron chi connectivity index (χ4n) is 2.83. The number of primary amides is 1. The zero-order valence-corrected chi connectivity index (χ0v) is 13.0. The number of nitrogens with zero attached hydrogens (tertiary/aromatic N) is 2. The van der Waals surface area contributed by atoms with Crippen molar-refractivity contribution < 1.29 is 9.59 Å². The number of thiazole rings is 1. The number of carbonyl (C=O) groups excluding carboxylic acids is 2. The Kier molecular flexibility index (Phi) is 3.16. The van der Waals surface area contributed by atoms with Gasteiger partial charge in [-0.05, 0) is 12.1 Å². The first-order valence-electron chi connectivity index (χ1n) is 7.27. The number of nitrogens with two attached hydrogens (primary N) is 1. The summed E-state index contributed by atoms with van der Waals surface area (Å²) in [5.41, 5.74) is 7.68. The number of H-pyrrole nitrogens is 1. The lowest BCUT2D eigenvalue weighted by molar-refractivity contribution is 0.0731. The molecule has 3 N–H and O–H groups in total. The molecule has 6 nitrogen and oxygen atoms in total.